The molecule has 3 heteroatoms. The van der Waals surface area contributed by atoms with E-state index in [0.29, 0.717) is 5.71 Å². The van der Waals surface area contributed by atoms with Crippen molar-refractivity contribution in [1.82, 2.24) is 4.98 Å². The van der Waals surface area contributed by atoms with Gasteiger partial charge in [0.05, 0.1) is 5.70 Å². The summed E-state index contributed by atoms with van der Waals surface area (Å²) in [5, 5.41) is 1.95. The van der Waals surface area contributed by atoms with Crippen molar-refractivity contribution >= 4 is 29.5 Å². The molecule has 0 unspecified atom stereocenters. The lowest BCUT2D eigenvalue weighted by molar-refractivity contribution is 0.560. The van der Waals surface area contributed by atoms with Gasteiger partial charge in [-0.05, 0) is 39.6 Å². The van der Waals surface area contributed by atoms with Crippen molar-refractivity contribution in [3.63, 3.8) is 0 Å². The van der Waals surface area contributed by atoms with Gasteiger partial charge in [0.1, 0.15) is 5.42 Å². The lowest BCUT2D eigenvalue weighted by Crippen LogP contribution is -2.22. The summed E-state index contributed by atoms with van der Waals surface area (Å²) in [4.78, 5) is 8.46. The summed E-state index contributed by atoms with van der Waals surface area (Å²) in [6.07, 6.45) is 5.58. The predicted molar refractivity (Wildman–Crippen MR) is 85.0 cm³/mol. The largest absolute Gasteiger partial charge is 0.437 e. The second kappa shape index (κ2) is 5.70. The van der Waals surface area contributed by atoms with Gasteiger partial charge in [-0.15, -0.1) is 0 Å². The molecule has 0 aliphatic heterocycles. The number of hydrogen-bond acceptors (Lipinski definition) is 3. The molecule has 2 aromatic rings. The average Bonchev–Trinajstić information content (AvgIpc) is 2.78. The first-order valence-electron chi connectivity index (χ1n) is 6.45. The van der Waals surface area contributed by atoms with Crippen LogP contribution in [-0.2, 0) is 0 Å². The monoisotopic (exact) mass is 266 g/mol. The van der Waals surface area contributed by atoms with E-state index in [9.17, 15) is 0 Å². The minimum Gasteiger partial charge on any atom is -0.437 e. The fourth-order valence-corrected chi connectivity index (χ4v) is 2.19. The molecule has 0 saturated carbocycles. The summed E-state index contributed by atoms with van der Waals surface area (Å²) < 4.78 is 5.92. The van der Waals surface area contributed by atoms with Gasteiger partial charge in [0.15, 0.2) is 0 Å². The zero-order chi connectivity index (χ0) is 14.7. The lowest BCUT2D eigenvalue weighted by atomic mass is 10.1. The Morgan fingerprint density at radius 1 is 1.40 bits per heavy atom. The van der Waals surface area contributed by atoms with E-state index in [2.05, 4.69) is 23.3 Å². The van der Waals surface area contributed by atoms with Crippen LogP contribution in [0, 0.1) is 6.92 Å². The van der Waals surface area contributed by atoms with Crippen molar-refractivity contribution < 1.29 is 4.42 Å². The lowest BCUT2D eigenvalue weighted by Gasteiger charge is -1.97. The Morgan fingerprint density at radius 3 is 2.75 bits per heavy atom. The van der Waals surface area contributed by atoms with E-state index < -0.39 is 0 Å². The zero-order valence-corrected chi connectivity index (χ0v) is 12.1. The molecular weight excluding hydrogens is 248 g/mol. The fraction of sp³-hybridized carbons (Fsp3) is 0.176. The van der Waals surface area contributed by atoms with E-state index in [1.165, 1.54) is 0 Å². The topological polar surface area (TPSA) is 38.4 Å². The first kappa shape index (κ1) is 14.0. The molecule has 0 atom stereocenters. The summed E-state index contributed by atoms with van der Waals surface area (Å²) in [7, 11) is 0. The van der Waals surface area contributed by atoms with Gasteiger partial charge in [-0.3, -0.25) is 4.99 Å². The van der Waals surface area contributed by atoms with Gasteiger partial charge in [0.2, 0.25) is 5.71 Å². The summed E-state index contributed by atoms with van der Waals surface area (Å²) in [5.41, 5.74) is 4.06. The van der Waals surface area contributed by atoms with Crippen molar-refractivity contribution in [2.24, 2.45) is 4.99 Å². The quantitative estimate of drug-likeness (QED) is 0.801. The molecule has 0 aliphatic rings. The SMILES string of the molecule is C=C\C=c1/c(=C(C)/C(=C/C)N=C)oc2nc(C)ccc12. The summed E-state index contributed by atoms with van der Waals surface area (Å²) in [6.45, 7) is 13.2. The van der Waals surface area contributed by atoms with E-state index in [1.54, 1.807) is 6.08 Å². The molecule has 2 rings (SSSR count). The highest BCUT2D eigenvalue weighted by Gasteiger charge is 2.08. The van der Waals surface area contributed by atoms with Gasteiger partial charge >= 0.3 is 0 Å². The van der Waals surface area contributed by atoms with Gasteiger partial charge in [-0.25, -0.2) is 4.98 Å². The van der Waals surface area contributed by atoms with Gasteiger partial charge in [0.25, 0.3) is 0 Å². The Hall–Kier alpha value is -2.42. The molecular formula is C17H18N2O. The standard InChI is InChI=1S/C17H18N2O/c1-6-8-13-14-10-9-11(3)19-17(14)20-16(13)12(4)15(7-2)18-5/h6-10H,1,5H2,2-4H3/b13-8-,15-7-,16-12-. The number of aromatic nitrogens is 1. The molecule has 0 saturated heterocycles. The van der Waals surface area contributed by atoms with Crippen LogP contribution in [0.15, 0.2) is 46.0 Å². The maximum Gasteiger partial charge on any atom is 0.227 e. The predicted octanol–water partition coefficient (Wildman–Crippen LogP) is 2.88. The summed E-state index contributed by atoms with van der Waals surface area (Å²) >= 11 is 0. The van der Waals surface area contributed by atoms with Crippen LogP contribution in [0.4, 0.5) is 0 Å². The molecule has 2 heterocycles. The van der Waals surface area contributed by atoms with Crippen molar-refractivity contribution in [2.45, 2.75) is 20.8 Å². The molecule has 0 radical (unpaired) electrons. The van der Waals surface area contributed by atoms with Crippen LogP contribution in [0.3, 0.4) is 0 Å². The molecule has 3 nitrogen and oxygen atoms in total. The summed E-state index contributed by atoms with van der Waals surface area (Å²) in [6, 6.07) is 3.99. The van der Waals surface area contributed by atoms with E-state index >= 15 is 0 Å². The van der Waals surface area contributed by atoms with Gasteiger partial charge in [-0.1, -0.05) is 24.8 Å². The number of rotatable bonds is 3. The van der Waals surface area contributed by atoms with Crippen molar-refractivity contribution in [2.75, 3.05) is 0 Å². The van der Waals surface area contributed by atoms with Crippen molar-refractivity contribution in [3.8, 4) is 0 Å². The van der Waals surface area contributed by atoms with Gasteiger partial charge < -0.3 is 4.42 Å². The second-order valence-corrected chi connectivity index (χ2v) is 4.51. The number of aryl methyl sites for hydroxylation is 1. The molecule has 0 aliphatic carbocycles. The molecule has 0 aromatic carbocycles. The highest BCUT2D eigenvalue weighted by Crippen LogP contribution is 2.12. The van der Waals surface area contributed by atoms with Crippen LogP contribution in [0.25, 0.3) is 22.7 Å². The highest BCUT2D eigenvalue weighted by molar-refractivity contribution is 5.78. The van der Waals surface area contributed by atoms with Crippen LogP contribution in [-0.4, -0.2) is 11.7 Å². The minimum atomic E-state index is 0.631. The van der Waals surface area contributed by atoms with Crippen LogP contribution < -0.4 is 10.6 Å². The Balaban J connectivity index is 3.00. The van der Waals surface area contributed by atoms with Crippen LogP contribution in [0.2, 0.25) is 0 Å². The Morgan fingerprint density at radius 2 is 2.15 bits per heavy atom. The van der Waals surface area contributed by atoms with E-state index in [4.69, 9.17) is 4.42 Å². The van der Waals surface area contributed by atoms with Crippen LogP contribution >= 0.6 is 0 Å². The number of fused-ring (bicyclic) bond motifs is 1. The van der Waals surface area contributed by atoms with E-state index in [-0.39, 0.29) is 0 Å². The maximum atomic E-state index is 5.92. The number of nitrogens with zero attached hydrogens (tertiary/aromatic N) is 2. The first-order valence-corrected chi connectivity index (χ1v) is 6.45. The number of aliphatic imine (C=N–C) groups is 1. The molecule has 2 aromatic heterocycles. The number of allylic oxidation sites excluding steroid dienone is 3. The molecule has 0 spiro atoms. The summed E-state index contributed by atoms with van der Waals surface area (Å²) in [5.74, 6) is 0. The zero-order valence-electron chi connectivity index (χ0n) is 12.1. The Kier molecular flexibility index (Phi) is 3.99. The minimum absolute atomic E-state index is 0.631. The molecule has 0 bridgehead atoms. The molecule has 102 valence electrons. The Bertz CT molecular complexity index is 823. The maximum absolute atomic E-state index is 5.92. The third-order valence-corrected chi connectivity index (χ3v) is 3.19. The normalized spacial score (nSPS) is 14.6. The smallest absolute Gasteiger partial charge is 0.227 e. The number of pyridine rings is 1. The van der Waals surface area contributed by atoms with E-state index in [0.717, 1.165) is 33.0 Å². The van der Waals surface area contributed by atoms with Crippen molar-refractivity contribution in [1.29, 1.82) is 0 Å². The number of furan rings is 1. The van der Waals surface area contributed by atoms with Gasteiger partial charge in [-0.2, -0.15) is 0 Å². The second-order valence-electron chi connectivity index (χ2n) is 4.51. The molecule has 0 fully saturated rings. The third-order valence-electron chi connectivity index (χ3n) is 3.19. The highest BCUT2D eigenvalue weighted by atomic mass is 16.3. The van der Waals surface area contributed by atoms with Crippen molar-refractivity contribution in [3.05, 3.63) is 52.9 Å². The number of hydrogen-bond donors (Lipinski definition) is 0. The van der Waals surface area contributed by atoms with Crippen LogP contribution in [0.5, 0.6) is 0 Å². The first-order chi connectivity index (χ1) is 9.62. The molecule has 0 N–H and O–H groups in total. The molecule has 20 heavy (non-hydrogen) atoms. The Labute approximate surface area is 118 Å². The third kappa shape index (κ3) is 2.35. The average molecular weight is 266 g/mol. The fourth-order valence-electron chi connectivity index (χ4n) is 2.19. The van der Waals surface area contributed by atoms with E-state index in [1.807, 2.05) is 45.1 Å². The van der Waals surface area contributed by atoms with Crippen LogP contribution in [0.1, 0.15) is 19.5 Å². The molecule has 0 amide bonds. The van der Waals surface area contributed by atoms with Gasteiger partial charge in [0, 0.05) is 21.9 Å².